The number of hydrogen-bond acceptors (Lipinski definition) is 3. The maximum atomic E-state index is 12.1. The Kier molecular flexibility index (Phi) is 4.18. The summed E-state index contributed by atoms with van der Waals surface area (Å²) in [6.45, 7) is 2.22. The summed E-state index contributed by atoms with van der Waals surface area (Å²) in [5.41, 5.74) is 2.46. The van der Waals surface area contributed by atoms with Crippen LogP contribution in [0.4, 0.5) is 0 Å². The molecule has 0 saturated carbocycles. The van der Waals surface area contributed by atoms with E-state index < -0.39 is 10.0 Å². The predicted octanol–water partition coefficient (Wildman–Crippen LogP) is 2.35. The maximum Gasteiger partial charge on any atom is 0.240 e. The number of sulfonamides is 1. The van der Waals surface area contributed by atoms with Gasteiger partial charge in [-0.3, -0.25) is 0 Å². The average Bonchev–Trinajstić information content (AvgIpc) is 2.47. The first-order valence-corrected chi connectivity index (χ1v) is 7.55. The van der Waals surface area contributed by atoms with E-state index in [-0.39, 0.29) is 11.4 Å². The Bertz CT molecular complexity index is 727. The second kappa shape index (κ2) is 5.87. The summed E-state index contributed by atoms with van der Waals surface area (Å²) in [4.78, 5) is 0.156. The van der Waals surface area contributed by atoms with Crippen LogP contribution in [0, 0.1) is 18.3 Å². The lowest BCUT2D eigenvalue weighted by molar-refractivity contribution is 0.581. The highest BCUT2D eigenvalue weighted by molar-refractivity contribution is 7.89. The fourth-order valence-electron chi connectivity index (χ4n) is 1.68. The fraction of sp³-hybridized carbons (Fsp3) is 0.133. The van der Waals surface area contributed by atoms with E-state index >= 15 is 0 Å². The highest BCUT2D eigenvalue weighted by atomic mass is 32.2. The van der Waals surface area contributed by atoms with Gasteiger partial charge in [-0.25, -0.2) is 13.1 Å². The molecule has 0 saturated heterocycles. The molecule has 2 aromatic rings. The van der Waals surface area contributed by atoms with Gasteiger partial charge >= 0.3 is 0 Å². The van der Waals surface area contributed by atoms with Crippen LogP contribution in [0.25, 0.3) is 0 Å². The second-order valence-corrected chi connectivity index (χ2v) is 6.21. The molecule has 0 amide bonds. The molecular formula is C15H14N2O2S. The molecule has 0 unspecified atom stereocenters. The molecule has 0 heterocycles. The van der Waals surface area contributed by atoms with Gasteiger partial charge < -0.3 is 0 Å². The first-order valence-electron chi connectivity index (χ1n) is 6.07. The van der Waals surface area contributed by atoms with Crippen molar-refractivity contribution in [2.45, 2.75) is 18.4 Å². The van der Waals surface area contributed by atoms with Crippen LogP contribution in [-0.2, 0) is 16.6 Å². The zero-order valence-corrected chi connectivity index (χ0v) is 11.8. The molecule has 5 heteroatoms. The first kappa shape index (κ1) is 14.3. The van der Waals surface area contributed by atoms with Gasteiger partial charge in [-0.1, -0.05) is 29.8 Å². The van der Waals surface area contributed by atoms with Crippen LogP contribution in [0.2, 0.25) is 0 Å². The molecule has 0 aliphatic heterocycles. The number of nitriles is 1. The van der Waals surface area contributed by atoms with Gasteiger partial charge in [-0.05, 0) is 36.8 Å². The number of benzene rings is 2. The first-order chi connectivity index (χ1) is 9.51. The van der Waals surface area contributed by atoms with Gasteiger partial charge in [-0.15, -0.1) is 0 Å². The van der Waals surface area contributed by atoms with Crippen LogP contribution < -0.4 is 4.72 Å². The third-order valence-corrected chi connectivity index (χ3v) is 4.30. The SMILES string of the molecule is Cc1ccc(CNS(=O)(=O)c2ccc(C#N)cc2)cc1. The Balaban J connectivity index is 2.10. The Morgan fingerprint density at radius 1 is 1.05 bits per heavy atom. The predicted molar refractivity (Wildman–Crippen MR) is 76.4 cm³/mol. The Hall–Kier alpha value is -2.16. The molecule has 0 bridgehead atoms. The van der Waals surface area contributed by atoms with Crippen LogP contribution in [0.15, 0.2) is 53.4 Å². The monoisotopic (exact) mass is 286 g/mol. The minimum absolute atomic E-state index is 0.156. The van der Waals surface area contributed by atoms with Crippen LogP contribution in [-0.4, -0.2) is 8.42 Å². The van der Waals surface area contributed by atoms with Gasteiger partial charge in [0.05, 0.1) is 16.5 Å². The van der Waals surface area contributed by atoms with Crippen molar-refractivity contribution in [2.75, 3.05) is 0 Å². The van der Waals surface area contributed by atoms with Crippen molar-refractivity contribution in [1.29, 1.82) is 5.26 Å². The molecule has 0 atom stereocenters. The molecule has 0 aliphatic rings. The van der Waals surface area contributed by atoms with Gasteiger partial charge in [0.2, 0.25) is 10.0 Å². The lowest BCUT2D eigenvalue weighted by atomic mass is 10.2. The van der Waals surface area contributed by atoms with E-state index in [1.807, 2.05) is 37.3 Å². The van der Waals surface area contributed by atoms with Gasteiger partial charge in [0.15, 0.2) is 0 Å². The minimum Gasteiger partial charge on any atom is -0.207 e. The van der Waals surface area contributed by atoms with Gasteiger partial charge in [0.25, 0.3) is 0 Å². The highest BCUT2D eigenvalue weighted by Crippen LogP contribution is 2.11. The van der Waals surface area contributed by atoms with Crippen molar-refractivity contribution in [3.8, 4) is 6.07 Å². The van der Waals surface area contributed by atoms with Crippen LogP contribution in [0.5, 0.6) is 0 Å². The maximum absolute atomic E-state index is 12.1. The van der Waals surface area contributed by atoms with Gasteiger partial charge in [-0.2, -0.15) is 5.26 Å². The normalized spacial score (nSPS) is 11.0. The Morgan fingerprint density at radius 2 is 1.65 bits per heavy atom. The van der Waals surface area contributed by atoms with Crippen molar-refractivity contribution in [3.63, 3.8) is 0 Å². The number of aryl methyl sites for hydroxylation is 1. The van der Waals surface area contributed by atoms with Crippen LogP contribution in [0.1, 0.15) is 16.7 Å². The van der Waals surface area contributed by atoms with E-state index in [0.29, 0.717) is 5.56 Å². The molecule has 2 aromatic carbocycles. The molecule has 0 aromatic heterocycles. The summed E-state index contributed by atoms with van der Waals surface area (Å²) in [5, 5.41) is 8.69. The van der Waals surface area contributed by atoms with Crippen molar-refractivity contribution in [3.05, 3.63) is 65.2 Å². The van der Waals surface area contributed by atoms with Crippen molar-refractivity contribution >= 4 is 10.0 Å². The molecule has 0 fully saturated rings. The third-order valence-electron chi connectivity index (χ3n) is 2.88. The second-order valence-electron chi connectivity index (χ2n) is 4.45. The molecule has 0 aliphatic carbocycles. The van der Waals surface area contributed by atoms with E-state index in [1.54, 1.807) is 0 Å². The topological polar surface area (TPSA) is 70.0 Å². The van der Waals surface area contributed by atoms with Gasteiger partial charge in [0.1, 0.15) is 0 Å². The van der Waals surface area contributed by atoms with E-state index in [4.69, 9.17) is 5.26 Å². The van der Waals surface area contributed by atoms with Crippen molar-refractivity contribution < 1.29 is 8.42 Å². The summed E-state index contributed by atoms with van der Waals surface area (Å²) < 4.78 is 26.7. The van der Waals surface area contributed by atoms with Gasteiger partial charge in [0, 0.05) is 6.54 Å². The summed E-state index contributed by atoms with van der Waals surface area (Å²) in [6.07, 6.45) is 0. The van der Waals surface area contributed by atoms with E-state index in [0.717, 1.165) is 11.1 Å². The zero-order valence-electron chi connectivity index (χ0n) is 11.0. The largest absolute Gasteiger partial charge is 0.240 e. The fourth-order valence-corrected chi connectivity index (χ4v) is 2.69. The number of hydrogen-bond donors (Lipinski definition) is 1. The molecule has 102 valence electrons. The summed E-state index contributed by atoms with van der Waals surface area (Å²) >= 11 is 0. The third kappa shape index (κ3) is 3.44. The molecule has 0 radical (unpaired) electrons. The Morgan fingerprint density at radius 3 is 2.20 bits per heavy atom. The summed E-state index contributed by atoms with van der Waals surface area (Å²) in [5.74, 6) is 0. The number of rotatable bonds is 4. The van der Waals surface area contributed by atoms with Crippen molar-refractivity contribution in [1.82, 2.24) is 4.72 Å². The molecular weight excluding hydrogens is 272 g/mol. The lowest BCUT2D eigenvalue weighted by Crippen LogP contribution is -2.23. The summed E-state index contributed by atoms with van der Waals surface area (Å²) in [7, 11) is -3.55. The average molecular weight is 286 g/mol. The highest BCUT2D eigenvalue weighted by Gasteiger charge is 2.13. The minimum atomic E-state index is -3.55. The van der Waals surface area contributed by atoms with E-state index in [9.17, 15) is 8.42 Å². The molecule has 20 heavy (non-hydrogen) atoms. The number of nitrogens with zero attached hydrogens (tertiary/aromatic N) is 1. The van der Waals surface area contributed by atoms with Crippen LogP contribution in [0.3, 0.4) is 0 Å². The number of nitrogens with one attached hydrogen (secondary N) is 1. The van der Waals surface area contributed by atoms with Crippen molar-refractivity contribution in [2.24, 2.45) is 0 Å². The zero-order chi connectivity index (χ0) is 14.6. The quantitative estimate of drug-likeness (QED) is 0.938. The molecule has 0 spiro atoms. The molecule has 2 rings (SSSR count). The molecule has 4 nitrogen and oxygen atoms in total. The van der Waals surface area contributed by atoms with E-state index in [1.165, 1.54) is 24.3 Å². The smallest absolute Gasteiger partial charge is 0.207 e. The summed E-state index contributed by atoms with van der Waals surface area (Å²) in [6, 6.07) is 15.4. The lowest BCUT2D eigenvalue weighted by Gasteiger charge is -2.07. The molecule has 1 N–H and O–H groups in total. The van der Waals surface area contributed by atoms with E-state index in [2.05, 4.69) is 4.72 Å². The standard InChI is InChI=1S/C15H14N2O2S/c1-12-2-4-14(5-3-12)11-17-20(18,19)15-8-6-13(10-16)7-9-15/h2-9,17H,11H2,1H3. The Labute approximate surface area is 118 Å². The van der Waals surface area contributed by atoms with Crippen LogP contribution >= 0.6 is 0 Å².